The van der Waals surface area contributed by atoms with Gasteiger partial charge in [-0.1, -0.05) is 18.2 Å². The molecule has 20 heavy (non-hydrogen) atoms. The molecule has 4 heteroatoms. The monoisotopic (exact) mass is 268 g/mol. The van der Waals surface area contributed by atoms with E-state index >= 15 is 0 Å². The quantitative estimate of drug-likeness (QED) is 0.856. The van der Waals surface area contributed by atoms with Gasteiger partial charge in [0.15, 0.2) is 0 Å². The van der Waals surface area contributed by atoms with Crippen LogP contribution in [0, 0.1) is 18.3 Å². The number of ether oxygens (including phenoxy) is 1. The van der Waals surface area contributed by atoms with Gasteiger partial charge in [0.2, 0.25) is 0 Å². The molecule has 0 fully saturated rings. The van der Waals surface area contributed by atoms with Crippen LogP contribution in [-0.4, -0.2) is 11.2 Å². The zero-order chi connectivity index (χ0) is 14.5. The number of hydrogen-bond donors (Lipinski definition) is 0. The SMILES string of the molecule is CCOc1ccccc1Cn1ccc(C)c(C#N)c1=O. The molecule has 0 saturated carbocycles. The maximum Gasteiger partial charge on any atom is 0.269 e. The Hall–Kier alpha value is -2.54. The normalized spacial score (nSPS) is 10.1. The largest absolute Gasteiger partial charge is 0.494 e. The van der Waals surface area contributed by atoms with Crippen molar-refractivity contribution in [3.63, 3.8) is 0 Å². The maximum atomic E-state index is 12.2. The van der Waals surface area contributed by atoms with E-state index in [4.69, 9.17) is 10.00 Å². The van der Waals surface area contributed by atoms with Crippen molar-refractivity contribution in [2.24, 2.45) is 0 Å². The summed E-state index contributed by atoms with van der Waals surface area (Å²) in [5.74, 6) is 0.765. The minimum atomic E-state index is -0.265. The van der Waals surface area contributed by atoms with Crippen LogP contribution in [0.3, 0.4) is 0 Å². The Bertz CT molecular complexity index is 711. The van der Waals surface area contributed by atoms with Crippen molar-refractivity contribution in [2.45, 2.75) is 20.4 Å². The van der Waals surface area contributed by atoms with Crippen LogP contribution in [0.1, 0.15) is 23.6 Å². The Kier molecular flexibility index (Phi) is 4.21. The molecule has 2 aromatic rings. The Labute approximate surface area is 117 Å². The van der Waals surface area contributed by atoms with Gasteiger partial charge >= 0.3 is 0 Å². The average molecular weight is 268 g/mol. The predicted molar refractivity (Wildman–Crippen MR) is 76.9 cm³/mol. The topological polar surface area (TPSA) is 55.0 Å². The average Bonchev–Trinajstić information content (AvgIpc) is 2.45. The highest BCUT2D eigenvalue weighted by molar-refractivity contribution is 5.36. The summed E-state index contributed by atoms with van der Waals surface area (Å²) in [7, 11) is 0. The van der Waals surface area contributed by atoms with E-state index in [0.29, 0.717) is 18.7 Å². The number of nitrogens with zero attached hydrogens (tertiary/aromatic N) is 2. The molecule has 1 heterocycles. The third-order valence-electron chi connectivity index (χ3n) is 3.10. The molecule has 0 aliphatic rings. The molecule has 102 valence electrons. The summed E-state index contributed by atoms with van der Waals surface area (Å²) in [4.78, 5) is 12.2. The third-order valence-corrected chi connectivity index (χ3v) is 3.10. The van der Waals surface area contributed by atoms with Gasteiger partial charge in [-0.15, -0.1) is 0 Å². The molecule has 0 saturated heterocycles. The summed E-state index contributed by atoms with van der Waals surface area (Å²) in [5, 5.41) is 9.04. The summed E-state index contributed by atoms with van der Waals surface area (Å²) in [6, 6.07) is 11.3. The molecular formula is C16H16N2O2. The molecule has 0 amide bonds. The minimum Gasteiger partial charge on any atom is -0.494 e. The Morgan fingerprint density at radius 1 is 1.30 bits per heavy atom. The van der Waals surface area contributed by atoms with Crippen molar-refractivity contribution >= 4 is 0 Å². The van der Waals surface area contributed by atoms with Crippen LogP contribution in [0.4, 0.5) is 0 Å². The number of nitriles is 1. The molecular weight excluding hydrogens is 252 g/mol. The van der Waals surface area contributed by atoms with Crippen molar-refractivity contribution in [1.82, 2.24) is 4.57 Å². The van der Waals surface area contributed by atoms with Gasteiger partial charge < -0.3 is 9.30 Å². The van der Waals surface area contributed by atoms with Crippen molar-refractivity contribution in [2.75, 3.05) is 6.61 Å². The molecule has 0 radical (unpaired) electrons. The fourth-order valence-electron chi connectivity index (χ4n) is 2.04. The van der Waals surface area contributed by atoms with Gasteiger partial charge in [-0.25, -0.2) is 0 Å². The van der Waals surface area contributed by atoms with E-state index in [1.807, 2.05) is 37.3 Å². The van der Waals surface area contributed by atoms with Crippen molar-refractivity contribution in [3.8, 4) is 11.8 Å². The van der Waals surface area contributed by atoms with Crippen molar-refractivity contribution in [1.29, 1.82) is 5.26 Å². The van der Waals surface area contributed by atoms with Crippen LogP contribution < -0.4 is 10.3 Å². The van der Waals surface area contributed by atoms with Crippen LogP contribution in [0.15, 0.2) is 41.3 Å². The highest BCUT2D eigenvalue weighted by Crippen LogP contribution is 2.18. The Balaban J connectivity index is 2.41. The Morgan fingerprint density at radius 2 is 2.05 bits per heavy atom. The lowest BCUT2D eigenvalue weighted by Crippen LogP contribution is -2.23. The molecule has 0 bridgehead atoms. The van der Waals surface area contributed by atoms with Gasteiger partial charge in [-0.05, 0) is 31.5 Å². The second-order valence-corrected chi connectivity index (χ2v) is 4.46. The van der Waals surface area contributed by atoms with Gasteiger partial charge in [0, 0.05) is 11.8 Å². The molecule has 0 spiro atoms. The molecule has 0 N–H and O–H groups in total. The van der Waals surface area contributed by atoms with Gasteiger partial charge in [-0.3, -0.25) is 4.79 Å². The lowest BCUT2D eigenvalue weighted by Gasteiger charge is -2.12. The Morgan fingerprint density at radius 3 is 2.75 bits per heavy atom. The number of hydrogen-bond acceptors (Lipinski definition) is 3. The molecule has 2 rings (SSSR count). The number of aryl methyl sites for hydroxylation is 1. The molecule has 1 aromatic heterocycles. The standard InChI is InChI=1S/C16H16N2O2/c1-3-20-15-7-5-4-6-13(15)11-18-9-8-12(2)14(10-17)16(18)19/h4-9H,3,11H2,1-2H3. The highest BCUT2D eigenvalue weighted by atomic mass is 16.5. The van der Waals surface area contributed by atoms with Crippen molar-refractivity contribution in [3.05, 3.63) is 63.6 Å². The fraction of sp³-hybridized carbons (Fsp3) is 0.250. The zero-order valence-electron chi connectivity index (χ0n) is 11.6. The van der Waals surface area contributed by atoms with Gasteiger partial charge in [0.1, 0.15) is 17.4 Å². The minimum absolute atomic E-state index is 0.196. The van der Waals surface area contributed by atoms with E-state index in [2.05, 4.69) is 0 Å². The lowest BCUT2D eigenvalue weighted by atomic mass is 10.1. The zero-order valence-corrected chi connectivity index (χ0v) is 11.6. The van der Waals surface area contributed by atoms with Crippen LogP contribution >= 0.6 is 0 Å². The van der Waals surface area contributed by atoms with Crippen molar-refractivity contribution < 1.29 is 4.74 Å². The van der Waals surface area contributed by atoms with Gasteiger partial charge in [0.05, 0.1) is 13.2 Å². The number of para-hydroxylation sites is 1. The van der Waals surface area contributed by atoms with E-state index in [-0.39, 0.29) is 11.1 Å². The van der Waals surface area contributed by atoms with Gasteiger partial charge in [-0.2, -0.15) is 5.26 Å². The number of rotatable bonds is 4. The predicted octanol–water partition coefficient (Wildman–Crippen LogP) is 2.48. The van der Waals surface area contributed by atoms with E-state index in [0.717, 1.165) is 11.3 Å². The number of pyridine rings is 1. The first-order valence-corrected chi connectivity index (χ1v) is 6.48. The second-order valence-electron chi connectivity index (χ2n) is 4.46. The molecule has 0 aliphatic heterocycles. The van der Waals surface area contributed by atoms with Crippen LogP contribution in [0.5, 0.6) is 5.75 Å². The van der Waals surface area contributed by atoms with Crippen LogP contribution in [0.25, 0.3) is 0 Å². The lowest BCUT2D eigenvalue weighted by molar-refractivity contribution is 0.335. The fourth-order valence-corrected chi connectivity index (χ4v) is 2.04. The van der Waals surface area contributed by atoms with E-state index in [9.17, 15) is 4.79 Å². The van der Waals surface area contributed by atoms with E-state index in [1.54, 1.807) is 19.2 Å². The third kappa shape index (κ3) is 2.72. The maximum absolute atomic E-state index is 12.2. The van der Waals surface area contributed by atoms with Gasteiger partial charge in [0.25, 0.3) is 5.56 Å². The second kappa shape index (κ2) is 6.07. The first-order valence-electron chi connectivity index (χ1n) is 6.48. The summed E-state index contributed by atoms with van der Waals surface area (Å²) >= 11 is 0. The highest BCUT2D eigenvalue weighted by Gasteiger charge is 2.09. The molecule has 1 aromatic carbocycles. The number of aromatic nitrogens is 1. The summed E-state index contributed by atoms with van der Waals surface area (Å²) < 4.78 is 7.08. The molecule has 0 atom stereocenters. The first kappa shape index (κ1) is 13.9. The van der Waals surface area contributed by atoms with Crippen LogP contribution in [0.2, 0.25) is 0 Å². The number of benzene rings is 1. The summed E-state index contributed by atoms with van der Waals surface area (Å²) in [6.07, 6.45) is 1.71. The molecule has 0 unspecified atom stereocenters. The smallest absolute Gasteiger partial charge is 0.269 e. The summed E-state index contributed by atoms with van der Waals surface area (Å²) in [5.41, 5.74) is 1.55. The van der Waals surface area contributed by atoms with E-state index < -0.39 is 0 Å². The van der Waals surface area contributed by atoms with E-state index in [1.165, 1.54) is 4.57 Å². The molecule has 4 nitrogen and oxygen atoms in total. The van der Waals surface area contributed by atoms with Crippen LogP contribution in [-0.2, 0) is 6.54 Å². The first-order chi connectivity index (χ1) is 9.67. The summed E-state index contributed by atoms with van der Waals surface area (Å²) in [6.45, 7) is 4.65. The molecule has 0 aliphatic carbocycles.